The molecule has 0 aliphatic carbocycles. The molecule has 1 saturated heterocycles. The van der Waals surface area contributed by atoms with Gasteiger partial charge in [-0.2, -0.15) is 0 Å². The molecule has 4 aromatic rings. The minimum Gasteiger partial charge on any atom is -0.496 e. The number of ether oxygens (including phenoxy) is 2. The molecule has 0 aromatic heterocycles. The minimum absolute atomic E-state index is 0.192. The zero-order chi connectivity index (χ0) is 33.4. The van der Waals surface area contributed by atoms with E-state index in [1.807, 2.05) is 67.7 Å². The normalized spacial score (nSPS) is 14.3. The van der Waals surface area contributed by atoms with E-state index >= 15 is 0 Å². The number of anilines is 3. The van der Waals surface area contributed by atoms with Gasteiger partial charge in [-0.25, -0.2) is 8.42 Å². The molecule has 0 atom stereocenters. The van der Waals surface area contributed by atoms with E-state index in [0.29, 0.717) is 54.5 Å². The number of nitrogens with one attached hydrogen (secondary N) is 2. The number of nitrogens with zero attached hydrogens (tertiary/aromatic N) is 2. The highest BCUT2D eigenvalue weighted by Crippen LogP contribution is 2.32. The Morgan fingerprint density at radius 3 is 1.96 bits per heavy atom. The van der Waals surface area contributed by atoms with Crippen LogP contribution >= 0.6 is 0 Å². The van der Waals surface area contributed by atoms with Gasteiger partial charge in [0.1, 0.15) is 5.75 Å². The van der Waals surface area contributed by atoms with Gasteiger partial charge in [-0.3, -0.25) is 14.5 Å². The highest BCUT2D eigenvalue weighted by Gasteiger charge is 2.21. The summed E-state index contributed by atoms with van der Waals surface area (Å²) < 4.78 is 34.1. The number of amides is 2. The monoisotopic (exact) mass is 656 g/mol. The molecule has 0 saturated carbocycles. The zero-order valence-electron chi connectivity index (χ0n) is 26.9. The van der Waals surface area contributed by atoms with Crippen molar-refractivity contribution in [3.05, 3.63) is 108 Å². The molecule has 47 heavy (non-hydrogen) atoms. The van der Waals surface area contributed by atoms with Gasteiger partial charge >= 0.3 is 0 Å². The quantitative estimate of drug-likeness (QED) is 0.214. The third-order valence-electron chi connectivity index (χ3n) is 8.17. The molecule has 1 aliphatic rings. The predicted molar refractivity (Wildman–Crippen MR) is 186 cm³/mol. The molecule has 4 aromatic carbocycles. The van der Waals surface area contributed by atoms with Crippen LogP contribution in [0.3, 0.4) is 0 Å². The number of sulfone groups is 1. The number of likely N-dealkylation sites (N-methyl/N-ethyl adjacent to an activating group) is 1. The lowest BCUT2D eigenvalue weighted by molar-refractivity contribution is 0.101. The Morgan fingerprint density at radius 1 is 0.787 bits per heavy atom. The van der Waals surface area contributed by atoms with Crippen LogP contribution in [0.4, 0.5) is 17.1 Å². The predicted octanol–water partition coefficient (Wildman–Crippen LogP) is 5.18. The van der Waals surface area contributed by atoms with Crippen molar-refractivity contribution in [1.82, 2.24) is 4.90 Å². The smallest absolute Gasteiger partial charge is 0.255 e. The molecule has 5 rings (SSSR count). The first-order valence-electron chi connectivity index (χ1n) is 15.4. The van der Waals surface area contributed by atoms with Crippen molar-refractivity contribution in [1.29, 1.82) is 0 Å². The molecular formula is C36H40N4O6S. The maximum absolute atomic E-state index is 13.2. The Kier molecular flexibility index (Phi) is 10.9. The lowest BCUT2D eigenvalue weighted by atomic mass is 10.00. The van der Waals surface area contributed by atoms with Crippen LogP contribution in [0.1, 0.15) is 26.3 Å². The average molecular weight is 657 g/mol. The van der Waals surface area contributed by atoms with Crippen molar-refractivity contribution < 1.29 is 27.5 Å². The fraction of sp³-hybridized carbons (Fsp3) is 0.278. The van der Waals surface area contributed by atoms with Gasteiger partial charge in [0.05, 0.1) is 25.2 Å². The number of carbonyl (C=O) groups is 2. The van der Waals surface area contributed by atoms with Gasteiger partial charge < -0.3 is 25.0 Å². The van der Waals surface area contributed by atoms with E-state index in [0.717, 1.165) is 28.9 Å². The standard InChI is InChI=1S/C36H40N4O6S/c1-39(18-21-45-2)32-15-13-31(14-16-32)38-36(42)29-10-17-34(46-3)33(24-29)27-6-8-28(9-7-27)35(41)37-30-11-4-26(5-12-30)25-40-19-22-47(43,44)23-20-40/h4-17,24H,18-23,25H2,1-3H3,(H,37,41)(H,38,42). The van der Waals surface area contributed by atoms with E-state index in [4.69, 9.17) is 9.47 Å². The topological polar surface area (TPSA) is 117 Å². The molecule has 2 N–H and O–H groups in total. The Labute approximate surface area is 276 Å². The summed E-state index contributed by atoms with van der Waals surface area (Å²) in [6.45, 7) is 3.11. The number of rotatable bonds is 12. The summed E-state index contributed by atoms with van der Waals surface area (Å²) in [5.74, 6) is 0.490. The molecule has 0 radical (unpaired) electrons. The van der Waals surface area contributed by atoms with Crippen LogP contribution in [0.2, 0.25) is 0 Å². The minimum atomic E-state index is -2.91. The molecule has 10 nitrogen and oxygen atoms in total. The van der Waals surface area contributed by atoms with Crippen molar-refractivity contribution in [3.63, 3.8) is 0 Å². The first-order chi connectivity index (χ1) is 22.6. The largest absolute Gasteiger partial charge is 0.496 e. The maximum atomic E-state index is 13.2. The van der Waals surface area contributed by atoms with Gasteiger partial charge in [-0.1, -0.05) is 24.3 Å². The second-order valence-corrected chi connectivity index (χ2v) is 13.8. The number of hydrogen-bond acceptors (Lipinski definition) is 8. The summed E-state index contributed by atoms with van der Waals surface area (Å²) >= 11 is 0. The van der Waals surface area contributed by atoms with Crippen LogP contribution in [0.25, 0.3) is 11.1 Å². The maximum Gasteiger partial charge on any atom is 0.255 e. The summed E-state index contributed by atoms with van der Waals surface area (Å²) in [4.78, 5) is 30.4. The fourth-order valence-electron chi connectivity index (χ4n) is 5.30. The van der Waals surface area contributed by atoms with Gasteiger partial charge in [-0.05, 0) is 77.9 Å². The second kappa shape index (κ2) is 15.3. The SMILES string of the molecule is COCCN(C)c1ccc(NC(=O)c2ccc(OC)c(-c3ccc(C(=O)Nc4ccc(CN5CCS(=O)(=O)CC5)cc4)cc3)c2)cc1. The molecule has 0 bridgehead atoms. The van der Waals surface area contributed by atoms with Crippen molar-refractivity contribution in [2.75, 3.05) is 74.5 Å². The van der Waals surface area contributed by atoms with Crippen molar-refractivity contribution in [3.8, 4) is 16.9 Å². The summed E-state index contributed by atoms with van der Waals surface area (Å²) in [5, 5.41) is 5.89. The number of hydrogen-bond donors (Lipinski definition) is 2. The highest BCUT2D eigenvalue weighted by molar-refractivity contribution is 7.91. The number of carbonyl (C=O) groups excluding carboxylic acids is 2. The van der Waals surface area contributed by atoms with Gasteiger partial charge in [0, 0.05) is 74.1 Å². The van der Waals surface area contributed by atoms with Crippen LogP contribution in [-0.2, 0) is 21.1 Å². The molecule has 1 fully saturated rings. The Balaban J connectivity index is 1.21. The van der Waals surface area contributed by atoms with Crippen LogP contribution < -0.4 is 20.3 Å². The summed E-state index contributed by atoms with van der Waals surface area (Å²) in [6.07, 6.45) is 0. The lowest BCUT2D eigenvalue weighted by Gasteiger charge is -2.26. The highest BCUT2D eigenvalue weighted by atomic mass is 32.2. The third-order valence-corrected chi connectivity index (χ3v) is 9.78. The molecule has 0 spiro atoms. The summed E-state index contributed by atoms with van der Waals surface area (Å²) in [6, 6.07) is 27.6. The second-order valence-electron chi connectivity index (χ2n) is 11.5. The molecule has 2 amide bonds. The third kappa shape index (κ3) is 8.97. The Morgan fingerprint density at radius 2 is 1.36 bits per heavy atom. The first kappa shape index (κ1) is 33.6. The molecule has 246 valence electrons. The van der Waals surface area contributed by atoms with Crippen LogP contribution in [0, 0.1) is 0 Å². The molecule has 1 aliphatic heterocycles. The van der Waals surface area contributed by atoms with Gasteiger partial charge in [0.15, 0.2) is 9.84 Å². The molecular weight excluding hydrogens is 616 g/mol. The van der Waals surface area contributed by atoms with E-state index in [1.54, 1.807) is 44.6 Å². The van der Waals surface area contributed by atoms with Crippen LogP contribution in [0.5, 0.6) is 5.75 Å². The van der Waals surface area contributed by atoms with E-state index < -0.39 is 9.84 Å². The van der Waals surface area contributed by atoms with Crippen LogP contribution in [-0.4, -0.2) is 84.1 Å². The Bertz CT molecular complexity index is 1780. The van der Waals surface area contributed by atoms with Gasteiger partial charge in [0.25, 0.3) is 11.8 Å². The summed E-state index contributed by atoms with van der Waals surface area (Å²) in [5.41, 5.74) is 5.89. The lowest BCUT2D eigenvalue weighted by Crippen LogP contribution is -2.39. The van der Waals surface area contributed by atoms with E-state index in [1.165, 1.54) is 0 Å². The molecule has 11 heteroatoms. The summed E-state index contributed by atoms with van der Waals surface area (Å²) in [7, 11) is 2.32. The fourth-order valence-corrected chi connectivity index (χ4v) is 6.58. The number of methoxy groups -OCH3 is 2. The van der Waals surface area contributed by atoms with Crippen molar-refractivity contribution in [2.45, 2.75) is 6.54 Å². The average Bonchev–Trinajstić information content (AvgIpc) is 3.09. The van der Waals surface area contributed by atoms with Crippen LogP contribution in [0.15, 0.2) is 91.0 Å². The zero-order valence-corrected chi connectivity index (χ0v) is 27.7. The van der Waals surface area contributed by atoms with E-state index in [2.05, 4.69) is 20.4 Å². The Hall–Kier alpha value is -4.71. The molecule has 0 unspecified atom stereocenters. The van der Waals surface area contributed by atoms with Gasteiger partial charge in [-0.15, -0.1) is 0 Å². The van der Waals surface area contributed by atoms with Crippen molar-refractivity contribution >= 4 is 38.7 Å². The van der Waals surface area contributed by atoms with E-state index in [9.17, 15) is 18.0 Å². The first-order valence-corrected chi connectivity index (χ1v) is 17.2. The van der Waals surface area contributed by atoms with Gasteiger partial charge in [0.2, 0.25) is 0 Å². The van der Waals surface area contributed by atoms with Crippen molar-refractivity contribution in [2.24, 2.45) is 0 Å². The molecule has 1 heterocycles. The van der Waals surface area contributed by atoms with E-state index in [-0.39, 0.29) is 23.3 Å². The number of benzene rings is 4.